The largest absolute Gasteiger partial charge is 0.204 e. The Morgan fingerprint density at radius 3 is 1.93 bits per heavy atom. The van der Waals surface area contributed by atoms with Gasteiger partial charge in [0.25, 0.3) is 0 Å². The zero-order chi connectivity index (χ0) is 10.9. The lowest BCUT2D eigenvalue weighted by atomic mass is 9.95. The van der Waals surface area contributed by atoms with E-state index >= 15 is 0 Å². The van der Waals surface area contributed by atoms with Crippen LogP contribution in [0, 0.1) is 11.8 Å². The Labute approximate surface area is 88.5 Å². The molecule has 80 valence electrons. The highest BCUT2D eigenvalue weighted by Gasteiger charge is 2.30. The normalized spacial score (nSPS) is 17.6. The molecular formula is C13H24N+. The summed E-state index contributed by atoms with van der Waals surface area (Å²) in [4.78, 5) is 0. The third-order valence-electron chi connectivity index (χ3n) is 2.92. The molecule has 1 aliphatic heterocycles. The Hall–Kier alpha value is -0.590. The van der Waals surface area contributed by atoms with E-state index in [9.17, 15) is 0 Å². The molecule has 0 aliphatic carbocycles. The molecule has 1 heterocycles. The van der Waals surface area contributed by atoms with E-state index in [1.807, 2.05) is 0 Å². The molecule has 0 bridgehead atoms. The molecule has 1 rings (SSSR count). The van der Waals surface area contributed by atoms with E-state index in [2.05, 4.69) is 52.3 Å². The number of hydrogen-bond acceptors (Lipinski definition) is 0. The lowest BCUT2D eigenvalue weighted by Crippen LogP contribution is -2.21. The van der Waals surface area contributed by atoms with Gasteiger partial charge in [-0.05, 0) is 19.8 Å². The zero-order valence-corrected chi connectivity index (χ0v) is 10.5. The Kier molecular flexibility index (Phi) is 3.52. The summed E-state index contributed by atoms with van der Waals surface area (Å²) in [6, 6.07) is 0.601. The fraction of sp³-hybridized carbons (Fsp3) is 0.769. The fourth-order valence-electron chi connectivity index (χ4n) is 2.25. The monoisotopic (exact) mass is 194 g/mol. The molecule has 0 saturated heterocycles. The molecule has 0 amide bonds. The molecule has 1 heteroatoms. The van der Waals surface area contributed by atoms with E-state index in [1.54, 1.807) is 11.3 Å². The van der Waals surface area contributed by atoms with Gasteiger partial charge in [0.15, 0.2) is 11.7 Å². The van der Waals surface area contributed by atoms with Gasteiger partial charge in [0.1, 0.15) is 6.21 Å². The smallest absolute Gasteiger partial charge is 0.183 e. The van der Waals surface area contributed by atoms with Crippen LogP contribution in [-0.4, -0.2) is 16.8 Å². The molecule has 0 N–H and O–H groups in total. The van der Waals surface area contributed by atoms with Crippen LogP contribution in [0.2, 0.25) is 0 Å². The van der Waals surface area contributed by atoms with Crippen molar-refractivity contribution < 1.29 is 4.58 Å². The van der Waals surface area contributed by atoms with Crippen LogP contribution in [0.25, 0.3) is 0 Å². The third kappa shape index (κ3) is 2.08. The summed E-state index contributed by atoms with van der Waals surface area (Å²) in [5.41, 5.74) is 3.20. The van der Waals surface area contributed by atoms with Crippen LogP contribution in [0.4, 0.5) is 0 Å². The quantitative estimate of drug-likeness (QED) is 0.605. The van der Waals surface area contributed by atoms with Crippen LogP contribution in [0.15, 0.2) is 11.3 Å². The van der Waals surface area contributed by atoms with Crippen LogP contribution >= 0.6 is 0 Å². The van der Waals surface area contributed by atoms with Gasteiger partial charge in [-0.2, -0.15) is 0 Å². The highest BCUT2D eigenvalue weighted by atomic mass is 15.1. The van der Waals surface area contributed by atoms with Gasteiger partial charge in [0, 0.05) is 11.5 Å². The van der Waals surface area contributed by atoms with E-state index in [0.717, 1.165) is 6.42 Å². The highest BCUT2D eigenvalue weighted by Crippen LogP contribution is 2.29. The summed E-state index contributed by atoms with van der Waals surface area (Å²) in [7, 11) is 0. The SMILES string of the molecule is CC(C)C1=C(C(C)C)[N+](C(C)C)=CC1. The molecule has 1 nitrogen and oxygen atoms in total. The molecule has 1 aliphatic rings. The average Bonchev–Trinajstić information content (AvgIpc) is 2.46. The summed E-state index contributed by atoms with van der Waals surface area (Å²) in [6.07, 6.45) is 3.51. The molecule has 0 unspecified atom stereocenters. The van der Waals surface area contributed by atoms with Gasteiger partial charge in [0.2, 0.25) is 0 Å². The predicted octanol–water partition coefficient (Wildman–Crippen LogP) is 3.45. The Balaban J connectivity index is 3.04. The van der Waals surface area contributed by atoms with Crippen molar-refractivity contribution in [2.24, 2.45) is 11.8 Å². The summed E-state index contributed by atoms with van der Waals surface area (Å²) in [6.45, 7) is 13.7. The van der Waals surface area contributed by atoms with Gasteiger partial charge in [-0.1, -0.05) is 27.7 Å². The lowest BCUT2D eigenvalue weighted by Gasteiger charge is -2.13. The molecule has 0 fully saturated rings. The van der Waals surface area contributed by atoms with Gasteiger partial charge >= 0.3 is 0 Å². The molecule has 0 aromatic carbocycles. The zero-order valence-electron chi connectivity index (χ0n) is 10.5. The first-order valence-corrected chi connectivity index (χ1v) is 5.79. The minimum atomic E-state index is 0.601. The van der Waals surface area contributed by atoms with Gasteiger partial charge in [-0.15, -0.1) is 0 Å². The average molecular weight is 194 g/mol. The van der Waals surface area contributed by atoms with Gasteiger partial charge in [-0.25, -0.2) is 4.58 Å². The molecule has 0 spiro atoms. The Morgan fingerprint density at radius 2 is 1.57 bits per heavy atom. The van der Waals surface area contributed by atoms with Crippen LogP contribution in [0.1, 0.15) is 48.0 Å². The molecule has 0 aromatic heterocycles. The second kappa shape index (κ2) is 4.29. The summed E-state index contributed by atoms with van der Waals surface area (Å²) in [5.74, 6) is 1.33. The number of hydrogen-bond donors (Lipinski definition) is 0. The predicted molar refractivity (Wildman–Crippen MR) is 62.8 cm³/mol. The van der Waals surface area contributed by atoms with E-state index in [-0.39, 0.29) is 0 Å². The van der Waals surface area contributed by atoms with E-state index in [4.69, 9.17) is 0 Å². The fourth-order valence-corrected chi connectivity index (χ4v) is 2.25. The highest BCUT2D eigenvalue weighted by molar-refractivity contribution is 5.60. The maximum Gasteiger partial charge on any atom is 0.183 e. The van der Waals surface area contributed by atoms with Crippen molar-refractivity contribution in [3.8, 4) is 0 Å². The van der Waals surface area contributed by atoms with Crippen molar-refractivity contribution in [3.05, 3.63) is 11.3 Å². The Morgan fingerprint density at radius 1 is 1.00 bits per heavy atom. The van der Waals surface area contributed by atoms with E-state index in [1.165, 1.54) is 0 Å². The molecule has 0 saturated carbocycles. The van der Waals surface area contributed by atoms with Crippen molar-refractivity contribution in [2.75, 3.05) is 0 Å². The van der Waals surface area contributed by atoms with Crippen molar-refractivity contribution >= 4 is 6.21 Å². The van der Waals surface area contributed by atoms with Crippen LogP contribution in [0.3, 0.4) is 0 Å². The van der Waals surface area contributed by atoms with Gasteiger partial charge in [-0.3, -0.25) is 0 Å². The van der Waals surface area contributed by atoms with E-state index < -0.39 is 0 Å². The number of rotatable bonds is 3. The maximum absolute atomic E-state index is 2.46. The standard InChI is InChI=1S/C13H24N/c1-9(2)12-7-8-14(11(5)6)13(12)10(3)4/h8-11H,7H2,1-6H3/q+1. The van der Waals surface area contributed by atoms with E-state index in [0.29, 0.717) is 17.9 Å². The van der Waals surface area contributed by atoms with Crippen molar-refractivity contribution in [1.29, 1.82) is 0 Å². The second-order valence-corrected chi connectivity index (χ2v) is 5.11. The first-order valence-electron chi connectivity index (χ1n) is 5.79. The third-order valence-corrected chi connectivity index (χ3v) is 2.92. The second-order valence-electron chi connectivity index (χ2n) is 5.11. The molecule has 0 atom stereocenters. The first kappa shape index (κ1) is 11.5. The topological polar surface area (TPSA) is 3.01 Å². The summed E-state index contributed by atoms with van der Waals surface area (Å²) >= 11 is 0. The minimum absolute atomic E-state index is 0.601. The summed E-state index contributed by atoms with van der Waals surface area (Å²) < 4.78 is 2.46. The summed E-state index contributed by atoms with van der Waals surface area (Å²) in [5, 5.41) is 0. The molecular weight excluding hydrogens is 170 g/mol. The molecule has 0 aromatic rings. The van der Waals surface area contributed by atoms with Gasteiger partial charge < -0.3 is 0 Å². The van der Waals surface area contributed by atoms with Crippen LogP contribution in [0.5, 0.6) is 0 Å². The van der Waals surface area contributed by atoms with Crippen molar-refractivity contribution in [3.63, 3.8) is 0 Å². The van der Waals surface area contributed by atoms with Crippen molar-refractivity contribution in [1.82, 2.24) is 0 Å². The van der Waals surface area contributed by atoms with Crippen LogP contribution < -0.4 is 0 Å². The Bertz CT molecular complexity index is 267. The van der Waals surface area contributed by atoms with Crippen molar-refractivity contribution in [2.45, 2.75) is 54.0 Å². The maximum atomic E-state index is 2.46. The van der Waals surface area contributed by atoms with Crippen LogP contribution in [-0.2, 0) is 0 Å². The number of nitrogens with zero attached hydrogens (tertiary/aromatic N) is 1. The lowest BCUT2D eigenvalue weighted by molar-refractivity contribution is -0.510. The minimum Gasteiger partial charge on any atom is -0.204 e. The molecule has 0 radical (unpaired) electrons. The number of allylic oxidation sites excluding steroid dienone is 2. The van der Waals surface area contributed by atoms with Gasteiger partial charge in [0.05, 0.1) is 6.42 Å². The molecule has 14 heavy (non-hydrogen) atoms. The first-order chi connectivity index (χ1) is 6.45.